The number of rotatable bonds is 4. The van der Waals surface area contributed by atoms with Crippen LogP contribution in [0, 0.1) is 0 Å². The lowest BCUT2D eigenvalue weighted by molar-refractivity contribution is 0.102. The molecule has 1 aromatic heterocycles. The summed E-state index contributed by atoms with van der Waals surface area (Å²) in [7, 11) is 2.87. The Morgan fingerprint density at radius 3 is 2.79 bits per heavy atom. The van der Waals surface area contributed by atoms with E-state index < -0.39 is 5.91 Å². The fraction of sp³-hybridized carbons (Fsp3) is 0.182. The number of hydrogen-bond acceptors (Lipinski definition) is 6. The Balaban J connectivity index is 2.19. The van der Waals surface area contributed by atoms with Crippen molar-refractivity contribution in [3.8, 4) is 17.5 Å². The van der Waals surface area contributed by atoms with Gasteiger partial charge in [-0.3, -0.25) is 10.1 Å². The first-order valence-electron chi connectivity index (χ1n) is 5.28. The van der Waals surface area contributed by atoms with E-state index in [0.29, 0.717) is 5.75 Å². The van der Waals surface area contributed by atoms with E-state index in [1.165, 1.54) is 26.4 Å². The number of phenols is 1. The number of nitrogens with one attached hydrogen (secondary N) is 2. The molecule has 0 saturated carbocycles. The van der Waals surface area contributed by atoms with Gasteiger partial charge in [-0.15, -0.1) is 5.10 Å². The number of benzene rings is 1. The van der Waals surface area contributed by atoms with E-state index in [-0.39, 0.29) is 23.3 Å². The standard InChI is InChI=1S/C11H12N4O4/c1-18-6-3-4-8(16)7(5-6)9(17)12-10-13-11(19-2)15-14-10/h3-5,16H,1-2H3,(H2,12,13,14,15,17). The van der Waals surface area contributed by atoms with Crippen LogP contribution in [0.2, 0.25) is 0 Å². The average molecular weight is 264 g/mol. The molecule has 0 radical (unpaired) electrons. The van der Waals surface area contributed by atoms with Gasteiger partial charge in [-0.05, 0) is 18.2 Å². The zero-order chi connectivity index (χ0) is 13.8. The molecule has 8 nitrogen and oxygen atoms in total. The minimum atomic E-state index is -0.546. The lowest BCUT2D eigenvalue weighted by atomic mass is 10.2. The Labute approximate surface area is 108 Å². The third-order valence-corrected chi connectivity index (χ3v) is 2.33. The Kier molecular flexibility index (Phi) is 3.51. The van der Waals surface area contributed by atoms with Crippen LogP contribution in [0.3, 0.4) is 0 Å². The molecular weight excluding hydrogens is 252 g/mol. The molecule has 3 N–H and O–H groups in total. The Morgan fingerprint density at radius 1 is 1.37 bits per heavy atom. The highest BCUT2D eigenvalue weighted by Crippen LogP contribution is 2.23. The number of aromatic nitrogens is 3. The fourth-order valence-electron chi connectivity index (χ4n) is 1.39. The molecule has 0 spiro atoms. The minimum absolute atomic E-state index is 0.0646. The van der Waals surface area contributed by atoms with Crippen LogP contribution >= 0.6 is 0 Å². The van der Waals surface area contributed by atoms with Crippen LogP contribution in [0.15, 0.2) is 18.2 Å². The number of hydrogen-bond donors (Lipinski definition) is 3. The summed E-state index contributed by atoms with van der Waals surface area (Å²) in [6.07, 6.45) is 0. The van der Waals surface area contributed by atoms with E-state index in [0.717, 1.165) is 0 Å². The number of carbonyl (C=O) groups excluding carboxylic acids is 1. The van der Waals surface area contributed by atoms with Crippen LogP contribution in [0.1, 0.15) is 10.4 Å². The van der Waals surface area contributed by atoms with E-state index >= 15 is 0 Å². The second-order valence-corrected chi connectivity index (χ2v) is 3.51. The van der Waals surface area contributed by atoms with Gasteiger partial charge < -0.3 is 14.6 Å². The number of carbonyl (C=O) groups is 1. The number of H-pyrrole nitrogens is 1. The van der Waals surface area contributed by atoms with Gasteiger partial charge in [0.2, 0.25) is 5.95 Å². The average Bonchev–Trinajstić information content (AvgIpc) is 2.87. The smallest absolute Gasteiger partial charge is 0.336 e. The van der Waals surface area contributed by atoms with Gasteiger partial charge in [0, 0.05) is 0 Å². The molecule has 0 aliphatic carbocycles. The summed E-state index contributed by atoms with van der Waals surface area (Å²) >= 11 is 0. The summed E-state index contributed by atoms with van der Waals surface area (Å²) < 4.78 is 9.75. The highest BCUT2D eigenvalue weighted by Gasteiger charge is 2.14. The topological polar surface area (TPSA) is 109 Å². The first kappa shape index (κ1) is 12.7. The Hall–Kier alpha value is -2.77. The number of phenolic OH excluding ortho intramolecular Hbond substituents is 1. The molecule has 0 atom stereocenters. The van der Waals surface area contributed by atoms with Crippen LogP contribution in [0.5, 0.6) is 17.5 Å². The summed E-state index contributed by atoms with van der Waals surface area (Å²) in [5.74, 6) is -0.137. The first-order valence-corrected chi connectivity index (χ1v) is 5.28. The number of amides is 1. The minimum Gasteiger partial charge on any atom is -0.507 e. The van der Waals surface area contributed by atoms with Crippen LogP contribution in [-0.2, 0) is 0 Å². The van der Waals surface area contributed by atoms with Gasteiger partial charge in [-0.2, -0.15) is 4.98 Å². The van der Waals surface area contributed by atoms with E-state index in [9.17, 15) is 9.90 Å². The van der Waals surface area contributed by atoms with Crippen molar-refractivity contribution in [1.82, 2.24) is 15.2 Å². The third kappa shape index (κ3) is 2.73. The second-order valence-electron chi connectivity index (χ2n) is 3.51. The summed E-state index contributed by atoms with van der Waals surface area (Å²) in [5.41, 5.74) is 0.0646. The quantitative estimate of drug-likeness (QED) is 0.752. The van der Waals surface area contributed by atoms with Gasteiger partial charge in [0.1, 0.15) is 11.5 Å². The maximum atomic E-state index is 11.9. The van der Waals surface area contributed by atoms with Gasteiger partial charge in [0.05, 0.1) is 19.8 Å². The van der Waals surface area contributed by atoms with Crippen molar-refractivity contribution >= 4 is 11.9 Å². The fourth-order valence-corrected chi connectivity index (χ4v) is 1.39. The Bertz CT molecular complexity index is 596. The highest BCUT2D eigenvalue weighted by molar-refractivity contribution is 6.05. The van der Waals surface area contributed by atoms with Crippen molar-refractivity contribution in [2.24, 2.45) is 0 Å². The molecule has 2 rings (SSSR count). The number of methoxy groups -OCH3 is 2. The molecular formula is C11H12N4O4. The molecule has 0 aliphatic heterocycles. The number of anilines is 1. The largest absolute Gasteiger partial charge is 0.507 e. The van der Waals surface area contributed by atoms with E-state index in [2.05, 4.69) is 20.5 Å². The van der Waals surface area contributed by atoms with Gasteiger partial charge in [-0.25, -0.2) is 5.10 Å². The van der Waals surface area contributed by atoms with Crippen LogP contribution < -0.4 is 14.8 Å². The van der Waals surface area contributed by atoms with Crippen molar-refractivity contribution in [2.45, 2.75) is 0 Å². The SMILES string of the molecule is COc1ccc(O)c(C(=O)Nc2nc(OC)n[nH]2)c1. The van der Waals surface area contributed by atoms with Gasteiger partial charge in [-0.1, -0.05) is 0 Å². The van der Waals surface area contributed by atoms with Crippen LogP contribution in [0.25, 0.3) is 0 Å². The molecule has 1 amide bonds. The molecule has 1 aromatic carbocycles. The van der Waals surface area contributed by atoms with Crippen molar-refractivity contribution in [2.75, 3.05) is 19.5 Å². The maximum Gasteiger partial charge on any atom is 0.336 e. The summed E-state index contributed by atoms with van der Waals surface area (Å²) in [4.78, 5) is 15.8. The lowest BCUT2D eigenvalue weighted by Gasteiger charge is -2.06. The van der Waals surface area contributed by atoms with Crippen molar-refractivity contribution in [1.29, 1.82) is 0 Å². The lowest BCUT2D eigenvalue weighted by Crippen LogP contribution is -2.13. The molecule has 1 heterocycles. The number of ether oxygens (including phenoxy) is 2. The predicted molar refractivity (Wildman–Crippen MR) is 65.5 cm³/mol. The second kappa shape index (κ2) is 5.25. The molecule has 0 unspecified atom stereocenters. The van der Waals surface area contributed by atoms with Gasteiger partial charge in [0.15, 0.2) is 0 Å². The van der Waals surface area contributed by atoms with Crippen molar-refractivity contribution in [3.05, 3.63) is 23.8 Å². The van der Waals surface area contributed by atoms with E-state index in [1.54, 1.807) is 6.07 Å². The summed E-state index contributed by atoms with van der Waals surface area (Å²) in [5, 5.41) is 18.2. The number of aromatic hydroxyl groups is 1. The van der Waals surface area contributed by atoms with E-state index in [1.807, 2.05) is 0 Å². The van der Waals surface area contributed by atoms with Crippen molar-refractivity contribution < 1.29 is 19.4 Å². The molecule has 19 heavy (non-hydrogen) atoms. The van der Waals surface area contributed by atoms with Crippen LogP contribution in [-0.4, -0.2) is 40.4 Å². The van der Waals surface area contributed by atoms with Crippen LogP contribution in [0.4, 0.5) is 5.95 Å². The predicted octanol–water partition coefficient (Wildman–Crippen LogP) is 0.780. The molecule has 0 saturated heterocycles. The molecule has 0 aliphatic rings. The molecule has 100 valence electrons. The Morgan fingerprint density at radius 2 is 2.16 bits per heavy atom. The monoisotopic (exact) mass is 264 g/mol. The number of nitrogens with zero attached hydrogens (tertiary/aromatic N) is 2. The van der Waals surface area contributed by atoms with Gasteiger partial charge in [0.25, 0.3) is 5.91 Å². The molecule has 8 heteroatoms. The highest BCUT2D eigenvalue weighted by atomic mass is 16.5. The zero-order valence-corrected chi connectivity index (χ0v) is 10.3. The van der Waals surface area contributed by atoms with Gasteiger partial charge >= 0.3 is 6.01 Å². The maximum absolute atomic E-state index is 11.9. The molecule has 0 fully saturated rings. The van der Waals surface area contributed by atoms with E-state index in [4.69, 9.17) is 9.47 Å². The zero-order valence-electron chi connectivity index (χ0n) is 10.3. The summed E-state index contributed by atoms with van der Waals surface area (Å²) in [6.45, 7) is 0. The number of aromatic amines is 1. The molecule has 2 aromatic rings. The normalized spacial score (nSPS) is 10.0. The molecule has 0 bridgehead atoms. The van der Waals surface area contributed by atoms with Crippen molar-refractivity contribution in [3.63, 3.8) is 0 Å². The third-order valence-electron chi connectivity index (χ3n) is 2.33. The first-order chi connectivity index (χ1) is 9.13. The summed E-state index contributed by atoms with van der Waals surface area (Å²) in [6, 6.07) is 4.43.